The van der Waals surface area contributed by atoms with Crippen molar-refractivity contribution in [3.05, 3.63) is 78.2 Å². The average Bonchev–Trinajstić information content (AvgIpc) is 3.27. The number of hydrogen-bond donors (Lipinski definition) is 1. The molecule has 0 bridgehead atoms. The molecular weight excluding hydrogens is 388 g/mol. The Hall–Kier alpha value is -3.74. The number of aromatic nitrogens is 4. The van der Waals surface area contributed by atoms with Crippen LogP contribution in [-0.4, -0.2) is 43.6 Å². The van der Waals surface area contributed by atoms with Gasteiger partial charge in [0.05, 0.1) is 17.3 Å². The quantitative estimate of drug-likeness (QED) is 0.490. The summed E-state index contributed by atoms with van der Waals surface area (Å²) in [5.41, 5.74) is 4.33. The minimum absolute atomic E-state index is 0.209. The molecule has 0 aliphatic carbocycles. The van der Waals surface area contributed by atoms with Crippen LogP contribution >= 0.6 is 0 Å². The summed E-state index contributed by atoms with van der Waals surface area (Å²) in [4.78, 5) is 23.4. The molecule has 3 heterocycles. The van der Waals surface area contributed by atoms with Crippen molar-refractivity contribution in [1.82, 2.24) is 24.6 Å². The molecule has 1 amide bonds. The monoisotopic (exact) mass is 412 g/mol. The third-order valence-corrected chi connectivity index (χ3v) is 5.71. The zero-order valence-corrected chi connectivity index (χ0v) is 17.2. The Morgan fingerprint density at radius 2 is 1.81 bits per heavy atom. The Kier molecular flexibility index (Phi) is 5.31. The number of carbonyl (C=O) groups excluding carboxylic acids is 1. The van der Waals surface area contributed by atoms with E-state index >= 15 is 0 Å². The number of nitrogens with zero attached hydrogens (tertiary/aromatic N) is 5. The zero-order chi connectivity index (χ0) is 21.0. The van der Waals surface area contributed by atoms with Gasteiger partial charge in [0.15, 0.2) is 5.65 Å². The van der Waals surface area contributed by atoms with Crippen molar-refractivity contribution in [2.75, 3.05) is 18.4 Å². The summed E-state index contributed by atoms with van der Waals surface area (Å²) < 4.78 is 1.81. The molecule has 0 saturated carbocycles. The zero-order valence-electron chi connectivity index (χ0n) is 17.2. The number of benzene rings is 2. The lowest BCUT2D eigenvalue weighted by molar-refractivity contribution is -0.132. The van der Waals surface area contributed by atoms with E-state index in [4.69, 9.17) is 0 Å². The molecule has 31 heavy (non-hydrogen) atoms. The normalized spacial score (nSPS) is 13.2. The topological polar surface area (TPSA) is 75.9 Å². The Bertz CT molecular complexity index is 1200. The number of fused-ring (bicyclic) bond motifs is 2. The molecule has 0 saturated heterocycles. The fourth-order valence-electron chi connectivity index (χ4n) is 4.06. The maximum Gasteiger partial charge on any atom is 0.222 e. The Morgan fingerprint density at radius 1 is 1.00 bits per heavy atom. The predicted octanol–water partition coefficient (Wildman–Crippen LogP) is 3.59. The standard InChI is InChI=1S/C24H24N6O/c31-22(29-14-12-18-7-4-5-8-19(18)16-29)11-6-13-25-23-21-15-28-30(24(21)27-17-26-23)20-9-2-1-3-10-20/h1-5,7-10,15,17H,6,11-14,16H2,(H,25,26,27). The van der Waals surface area contributed by atoms with Gasteiger partial charge >= 0.3 is 0 Å². The van der Waals surface area contributed by atoms with Crippen molar-refractivity contribution < 1.29 is 4.79 Å². The molecule has 7 nitrogen and oxygen atoms in total. The number of amides is 1. The van der Waals surface area contributed by atoms with E-state index < -0.39 is 0 Å². The largest absolute Gasteiger partial charge is 0.369 e. The number of hydrogen-bond acceptors (Lipinski definition) is 5. The van der Waals surface area contributed by atoms with Gasteiger partial charge in [-0.3, -0.25) is 4.79 Å². The van der Waals surface area contributed by atoms with E-state index in [1.54, 1.807) is 17.2 Å². The predicted molar refractivity (Wildman–Crippen MR) is 120 cm³/mol. The fourth-order valence-corrected chi connectivity index (χ4v) is 4.06. The first-order valence-corrected chi connectivity index (χ1v) is 10.6. The molecule has 0 unspecified atom stereocenters. The van der Waals surface area contributed by atoms with Crippen molar-refractivity contribution in [3.8, 4) is 5.69 Å². The molecule has 2 aromatic heterocycles. The van der Waals surface area contributed by atoms with Gasteiger partial charge in [-0.05, 0) is 36.1 Å². The molecule has 1 aliphatic heterocycles. The molecule has 0 atom stereocenters. The maximum atomic E-state index is 12.7. The van der Waals surface area contributed by atoms with Crippen LogP contribution in [0.2, 0.25) is 0 Å². The van der Waals surface area contributed by atoms with Crippen molar-refractivity contribution in [1.29, 1.82) is 0 Å². The van der Waals surface area contributed by atoms with Crippen LogP contribution in [0.5, 0.6) is 0 Å². The molecule has 2 aromatic carbocycles. The van der Waals surface area contributed by atoms with E-state index in [2.05, 4.69) is 38.6 Å². The van der Waals surface area contributed by atoms with Gasteiger partial charge in [0.2, 0.25) is 5.91 Å². The molecule has 7 heteroatoms. The highest BCUT2D eigenvalue weighted by molar-refractivity contribution is 5.87. The first-order chi connectivity index (χ1) is 15.3. The molecule has 0 spiro atoms. The van der Waals surface area contributed by atoms with Gasteiger partial charge in [-0.25, -0.2) is 14.6 Å². The first-order valence-electron chi connectivity index (χ1n) is 10.6. The van der Waals surface area contributed by atoms with E-state index in [9.17, 15) is 4.79 Å². The number of para-hydroxylation sites is 1. The van der Waals surface area contributed by atoms with Gasteiger partial charge in [-0.15, -0.1) is 0 Å². The summed E-state index contributed by atoms with van der Waals surface area (Å²) in [6.07, 6.45) is 5.52. The number of anilines is 1. The van der Waals surface area contributed by atoms with Crippen LogP contribution < -0.4 is 5.32 Å². The van der Waals surface area contributed by atoms with Crippen molar-refractivity contribution in [2.24, 2.45) is 0 Å². The summed E-state index contributed by atoms with van der Waals surface area (Å²) in [5, 5.41) is 8.69. The van der Waals surface area contributed by atoms with Crippen molar-refractivity contribution in [3.63, 3.8) is 0 Å². The molecule has 0 radical (unpaired) electrons. The second kappa shape index (κ2) is 8.55. The van der Waals surface area contributed by atoms with Gasteiger partial charge in [-0.1, -0.05) is 42.5 Å². The number of nitrogens with one attached hydrogen (secondary N) is 1. The molecule has 1 aliphatic rings. The summed E-state index contributed by atoms with van der Waals surface area (Å²) in [7, 11) is 0. The fraction of sp³-hybridized carbons (Fsp3) is 0.250. The second-order valence-corrected chi connectivity index (χ2v) is 7.72. The Labute approximate surface area is 180 Å². The lowest BCUT2D eigenvalue weighted by atomic mass is 9.99. The molecule has 0 fully saturated rings. The second-order valence-electron chi connectivity index (χ2n) is 7.72. The van der Waals surface area contributed by atoms with Gasteiger partial charge < -0.3 is 10.2 Å². The van der Waals surface area contributed by atoms with Crippen molar-refractivity contribution in [2.45, 2.75) is 25.8 Å². The highest BCUT2D eigenvalue weighted by Gasteiger charge is 2.19. The van der Waals surface area contributed by atoms with E-state index in [1.165, 1.54) is 11.1 Å². The molecule has 4 aromatic rings. The lowest BCUT2D eigenvalue weighted by Gasteiger charge is -2.29. The van der Waals surface area contributed by atoms with Gasteiger partial charge in [0, 0.05) is 26.1 Å². The van der Waals surface area contributed by atoms with Crippen LogP contribution in [0.1, 0.15) is 24.0 Å². The van der Waals surface area contributed by atoms with Gasteiger partial charge in [0.1, 0.15) is 12.1 Å². The maximum absolute atomic E-state index is 12.7. The van der Waals surface area contributed by atoms with Crippen molar-refractivity contribution >= 4 is 22.8 Å². The molecule has 156 valence electrons. The van der Waals surface area contributed by atoms with Crippen LogP contribution in [0.4, 0.5) is 5.82 Å². The van der Waals surface area contributed by atoms with E-state index in [-0.39, 0.29) is 5.91 Å². The smallest absolute Gasteiger partial charge is 0.222 e. The van der Waals surface area contributed by atoms with Gasteiger partial charge in [-0.2, -0.15) is 5.10 Å². The van der Waals surface area contributed by atoms with E-state index in [1.807, 2.05) is 41.3 Å². The van der Waals surface area contributed by atoms with Crippen LogP contribution in [0.3, 0.4) is 0 Å². The molecule has 5 rings (SSSR count). The highest BCUT2D eigenvalue weighted by Crippen LogP contribution is 2.22. The third kappa shape index (κ3) is 3.99. The highest BCUT2D eigenvalue weighted by atomic mass is 16.2. The molecular formula is C24H24N6O. The Balaban J connectivity index is 1.19. The van der Waals surface area contributed by atoms with Gasteiger partial charge in [0.25, 0.3) is 0 Å². The lowest BCUT2D eigenvalue weighted by Crippen LogP contribution is -2.36. The average molecular weight is 412 g/mol. The summed E-state index contributed by atoms with van der Waals surface area (Å²) in [5.74, 6) is 0.951. The van der Waals surface area contributed by atoms with Crippen LogP contribution in [0.25, 0.3) is 16.7 Å². The number of carbonyl (C=O) groups is 1. The minimum atomic E-state index is 0.209. The van der Waals surface area contributed by atoms with Crippen LogP contribution in [-0.2, 0) is 17.8 Å². The van der Waals surface area contributed by atoms with E-state index in [0.29, 0.717) is 19.5 Å². The Morgan fingerprint density at radius 3 is 2.68 bits per heavy atom. The number of rotatable bonds is 6. The summed E-state index contributed by atoms with van der Waals surface area (Å²) in [6, 6.07) is 18.3. The first kappa shape index (κ1) is 19.2. The molecule has 1 N–H and O–H groups in total. The van der Waals surface area contributed by atoms with Crippen LogP contribution in [0, 0.1) is 0 Å². The van der Waals surface area contributed by atoms with Crippen LogP contribution in [0.15, 0.2) is 67.1 Å². The SMILES string of the molecule is O=C(CCCNc1ncnc2c1cnn2-c1ccccc1)N1CCc2ccccc2C1. The third-order valence-electron chi connectivity index (χ3n) is 5.71. The summed E-state index contributed by atoms with van der Waals surface area (Å²) >= 11 is 0. The minimum Gasteiger partial charge on any atom is -0.369 e. The summed E-state index contributed by atoms with van der Waals surface area (Å²) in [6.45, 7) is 2.18. The van der Waals surface area contributed by atoms with E-state index in [0.717, 1.165) is 41.9 Å².